The van der Waals surface area contributed by atoms with E-state index in [2.05, 4.69) is 27.4 Å². The maximum atomic E-state index is 5.80. The first kappa shape index (κ1) is 21.4. The number of aliphatic imine (C=N–C) groups is 1. The van der Waals surface area contributed by atoms with Crippen molar-refractivity contribution in [2.75, 3.05) is 78.9 Å². The van der Waals surface area contributed by atoms with Crippen molar-refractivity contribution in [3.63, 3.8) is 0 Å². The van der Waals surface area contributed by atoms with E-state index < -0.39 is 0 Å². The molecule has 0 aromatic rings. The summed E-state index contributed by atoms with van der Waals surface area (Å²) in [7, 11) is 0. The summed E-state index contributed by atoms with van der Waals surface area (Å²) in [4.78, 5) is 7.11. The van der Waals surface area contributed by atoms with E-state index in [0.29, 0.717) is 5.92 Å². The number of hydrogen-bond donors (Lipinski definition) is 2. The lowest BCUT2D eigenvalue weighted by molar-refractivity contribution is 0.0205. The quantitative estimate of drug-likeness (QED) is 0.322. The van der Waals surface area contributed by atoms with Gasteiger partial charge < -0.3 is 24.8 Å². The highest BCUT2D eigenvalue weighted by molar-refractivity contribution is 5.79. The number of nitrogens with one attached hydrogen (secondary N) is 2. The van der Waals surface area contributed by atoms with Crippen LogP contribution in [0.2, 0.25) is 0 Å². The van der Waals surface area contributed by atoms with Crippen LogP contribution in [0, 0.1) is 5.92 Å². The molecule has 0 unspecified atom stereocenters. The van der Waals surface area contributed by atoms with Crippen LogP contribution in [0.1, 0.15) is 32.6 Å². The van der Waals surface area contributed by atoms with Crippen molar-refractivity contribution in [1.29, 1.82) is 0 Å². The molecular weight excluding hydrogens is 332 g/mol. The number of morpholine rings is 1. The Morgan fingerprint density at radius 3 is 2.62 bits per heavy atom. The Morgan fingerprint density at radius 2 is 1.85 bits per heavy atom. The highest BCUT2D eigenvalue weighted by atomic mass is 16.5. The zero-order valence-corrected chi connectivity index (χ0v) is 16.5. The molecule has 2 saturated heterocycles. The van der Waals surface area contributed by atoms with E-state index in [9.17, 15) is 0 Å². The minimum atomic E-state index is 0.678. The molecular formula is C19H38N4O3. The van der Waals surface area contributed by atoms with E-state index in [4.69, 9.17) is 14.2 Å². The van der Waals surface area contributed by atoms with Crippen LogP contribution in [0.3, 0.4) is 0 Å². The van der Waals surface area contributed by atoms with Gasteiger partial charge in [0, 0.05) is 59.2 Å². The van der Waals surface area contributed by atoms with Crippen LogP contribution in [-0.4, -0.2) is 89.8 Å². The predicted molar refractivity (Wildman–Crippen MR) is 105 cm³/mol. The first-order valence-corrected chi connectivity index (χ1v) is 10.4. The Kier molecular flexibility index (Phi) is 11.7. The highest BCUT2D eigenvalue weighted by Gasteiger charge is 2.13. The topological polar surface area (TPSA) is 67.4 Å². The largest absolute Gasteiger partial charge is 0.381 e. The first-order chi connectivity index (χ1) is 12.9. The monoisotopic (exact) mass is 370 g/mol. The second-order valence-corrected chi connectivity index (χ2v) is 6.98. The van der Waals surface area contributed by atoms with E-state index in [1.54, 1.807) is 0 Å². The third kappa shape index (κ3) is 9.71. The first-order valence-electron chi connectivity index (χ1n) is 10.4. The normalized spacial score (nSPS) is 20.3. The summed E-state index contributed by atoms with van der Waals surface area (Å²) in [6.07, 6.45) is 4.36. The zero-order chi connectivity index (χ0) is 18.3. The maximum Gasteiger partial charge on any atom is 0.191 e. The minimum Gasteiger partial charge on any atom is -0.381 e. The lowest BCUT2D eigenvalue weighted by Crippen LogP contribution is -2.40. The van der Waals surface area contributed by atoms with E-state index in [-0.39, 0.29) is 0 Å². The fourth-order valence-corrected chi connectivity index (χ4v) is 3.20. The molecule has 0 aromatic carbocycles. The summed E-state index contributed by atoms with van der Waals surface area (Å²) in [5.41, 5.74) is 0. The van der Waals surface area contributed by atoms with Gasteiger partial charge in [-0.2, -0.15) is 0 Å². The summed E-state index contributed by atoms with van der Waals surface area (Å²) in [5.74, 6) is 1.59. The van der Waals surface area contributed by atoms with E-state index in [0.717, 1.165) is 111 Å². The Morgan fingerprint density at radius 1 is 1.08 bits per heavy atom. The highest BCUT2D eigenvalue weighted by Crippen LogP contribution is 2.14. The minimum absolute atomic E-state index is 0.678. The molecule has 0 bridgehead atoms. The van der Waals surface area contributed by atoms with Gasteiger partial charge in [0.1, 0.15) is 0 Å². The predicted octanol–water partition coefficient (Wildman–Crippen LogP) is 1.10. The molecule has 0 amide bonds. The summed E-state index contributed by atoms with van der Waals surface area (Å²) < 4.78 is 16.6. The van der Waals surface area contributed by atoms with Crippen molar-refractivity contribution in [2.45, 2.75) is 32.6 Å². The maximum absolute atomic E-state index is 5.80. The fraction of sp³-hybridized carbons (Fsp3) is 0.947. The van der Waals surface area contributed by atoms with Crippen LogP contribution in [0.15, 0.2) is 4.99 Å². The van der Waals surface area contributed by atoms with Gasteiger partial charge in [-0.15, -0.1) is 0 Å². The molecule has 2 heterocycles. The summed E-state index contributed by atoms with van der Waals surface area (Å²) >= 11 is 0. The van der Waals surface area contributed by atoms with Crippen molar-refractivity contribution in [3.8, 4) is 0 Å². The van der Waals surface area contributed by atoms with Gasteiger partial charge in [0.05, 0.1) is 13.2 Å². The molecule has 0 radical (unpaired) electrons. The molecule has 2 aliphatic heterocycles. The Labute approximate surface area is 158 Å². The third-order valence-corrected chi connectivity index (χ3v) is 4.80. The van der Waals surface area contributed by atoms with Crippen LogP contribution in [0.25, 0.3) is 0 Å². The van der Waals surface area contributed by atoms with E-state index >= 15 is 0 Å². The van der Waals surface area contributed by atoms with Crippen molar-refractivity contribution < 1.29 is 14.2 Å². The molecule has 0 saturated carbocycles. The molecule has 7 heteroatoms. The van der Waals surface area contributed by atoms with Gasteiger partial charge in [0.15, 0.2) is 5.96 Å². The number of nitrogens with zero attached hydrogens (tertiary/aromatic N) is 2. The second-order valence-electron chi connectivity index (χ2n) is 6.98. The second kappa shape index (κ2) is 14.2. The molecule has 0 aromatic heterocycles. The molecule has 7 nitrogen and oxygen atoms in total. The standard InChI is InChI=1S/C19H38N4O3/c1-2-20-19(21-7-3-9-23-10-15-25-16-11-23)22-8-4-12-26-17-18-5-13-24-14-6-18/h18H,2-17H2,1H3,(H2,20,21,22). The zero-order valence-electron chi connectivity index (χ0n) is 16.5. The third-order valence-electron chi connectivity index (χ3n) is 4.80. The molecule has 26 heavy (non-hydrogen) atoms. The summed E-state index contributed by atoms with van der Waals surface area (Å²) in [6.45, 7) is 13.1. The van der Waals surface area contributed by atoms with Crippen molar-refractivity contribution >= 4 is 5.96 Å². The van der Waals surface area contributed by atoms with Crippen molar-refractivity contribution in [3.05, 3.63) is 0 Å². The smallest absolute Gasteiger partial charge is 0.191 e. The Balaban J connectivity index is 1.49. The van der Waals surface area contributed by atoms with Gasteiger partial charge in [-0.25, -0.2) is 0 Å². The lowest BCUT2D eigenvalue weighted by atomic mass is 10.0. The molecule has 2 N–H and O–H groups in total. The average Bonchev–Trinajstić information content (AvgIpc) is 2.69. The molecule has 2 rings (SSSR count). The van der Waals surface area contributed by atoms with Crippen LogP contribution < -0.4 is 10.6 Å². The van der Waals surface area contributed by atoms with Crippen LogP contribution >= 0.6 is 0 Å². The van der Waals surface area contributed by atoms with E-state index in [1.807, 2.05) is 0 Å². The number of rotatable bonds is 11. The summed E-state index contributed by atoms with van der Waals surface area (Å²) in [6, 6.07) is 0. The molecule has 2 fully saturated rings. The lowest BCUT2D eigenvalue weighted by Gasteiger charge is -2.26. The van der Waals surface area contributed by atoms with Gasteiger partial charge in [0.25, 0.3) is 0 Å². The molecule has 0 atom stereocenters. The number of hydrogen-bond acceptors (Lipinski definition) is 5. The van der Waals surface area contributed by atoms with Crippen LogP contribution in [0.5, 0.6) is 0 Å². The van der Waals surface area contributed by atoms with Gasteiger partial charge in [-0.1, -0.05) is 0 Å². The van der Waals surface area contributed by atoms with Gasteiger partial charge >= 0.3 is 0 Å². The van der Waals surface area contributed by atoms with Crippen LogP contribution in [-0.2, 0) is 14.2 Å². The molecule has 152 valence electrons. The Hall–Kier alpha value is -0.890. The number of ether oxygens (including phenoxy) is 3. The van der Waals surface area contributed by atoms with Gasteiger partial charge in [-0.3, -0.25) is 9.89 Å². The SMILES string of the molecule is CCNC(=NCCCOCC1CCOCC1)NCCCN1CCOCC1. The molecule has 0 aliphatic carbocycles. The fourth-order valence-electron chi connectivity index (χ4n) is 3.20. The van der Waals surface area contributed by atoms with Gasteiger partial charge in [-0.05, 0) is 45.1 Å². The number of guanidine groups is 1. The summed E-state index contributed by atoms with van der Waals surface area (Å²) in [5, 5.41) is 6.74. The van der Waals surface area contributed by atoms with Gasteiger partial charge in [0.2, 0.25) is 0 Å². The molecule has 0 spiro atoms. The van der Waals surface area contributed by atoms with E-state index in [1.165, 1.54) is 0 Å². The van der Waals surface area contributed by atoms with Crippen LogP contribution in [0.4, 0.5) is 0 Å². The van der Waals surface area contributed by atoms with Crippen molar-refractivity contribution in [1.82, 2.24) is 15.5 Å². The Bertz CT molecular complexity index is 370. The van der Waals surface area contributed by atoms with Crippen molar-refractivity contribution in [2.24, 2.45) is 10.9 Å². The average molecular weight is 371 g/mol. The molecule has 2 aliphatic rings.